The van der Waals surface area contributed by atoms with Crippen LogP contribution in [0.3, 0.4) is 0 Å². The van der Waals surface area contributed by atoms with Gasteiger partial charge in [0, 0.05) is 6.04 Å². The predicted octanol–water partition coefficient (Wildman–Crippen LogP) is 3.08. The first kappa shape index (κ1) is 9.76. The van der Waals surface area contributed by atoms with Gasteiger partial charge in [-0.05, 0) is 25.7 Å². The molecule has 0 aromatic heterocycles. The molecule has 0 amide bonds. The topological polar surface area (TPSA) is 12.4 Å². The maximum absolute atomic E-state index is 4.39. The molecule has 0 radical (unpaired) electrons. The summed E-state index contributed by atoms with van der Waals surface area (Å²) in [5, 5.41) is 2.91. The minimum absolute atomic E-state index is 0.451. The van der Waals surface area contributed by atoms with Gasteiger partial charge in [-0.15, -0.1) is 0 Å². The predicted molar refractivity (Wildman–Crippen MR) is 50.7 cm³/mol. The smallest absolute Gasteiger partial charge is 0.0689 e. The lowest BCUT2D eigenvalue weighted by Crippen LogP contribution is -1.97. The highest BCUT2D eigenvalue weighted by molar-refractivity contribution is 8.16. The fourth-order valence-electron chi connectivity index (χ4n) is 0.553. The van der Waals surface area contributed by atoms with Gasteiger partial charge in [0.25, 0.3) is 0 Å². The molecule has 0 rings (SSSR count). The molecular weight excluding hydrogens is 142 g/mol. The first-order valence-electron chi connectivity index (χ1n) is 3.52. The van der Waals surface area contributed by atoms with Crippen LogP contribution < -0.4 is 0 Å². The molecule has 0 aromatic carbocycles. The van der Waals surface area contributed by atoms with Crippen molar-refractivity contribution in [1.82, 2.24) is 0 Å². The molecule has 0 heterocycles. The molecule has 1 unspecified atom stereocenters. The van der Waals surface area contributed by atoms with Crippen molar-refractivity contribution in [2.24, 2.45) is 4.99 Å². The molecule has 0 N–H and O–H groups in total. The number of nitrogens with zero attached hydrogens (tertiary/aromatic N) is 1. The van der Waals surface area contributed by atoms with Crippen LogP contribution in [0.25, 0.3) is 0 Å². The van der Waals surface area contributed by atoms with Crippen LogP contribution in [0.2, 0.25) is 0 Å². The molecule has 58 valence electrons. The Morgan fingerprint density at radius 1 is 1.80 bits per heavy atom. The average molecular weight is 157 g/mol. The van der Waals surface area contributed by atoms with Crippen LogP contribution in [-0.2, 0) is 0 Å². The fourth-order valence-corrected chi connectivity index (χ4v) is 1.03. The van der Waals surface area contributed by atoms with E-state index in [4.69, 9.17) is 0 Å². The van der Waals surface area contributed by atoms with Crippen LogP contribution in [0, 0.1) is 0 Å². The van der Waals surface area contributed by atoms with Gasteiger partial charge in [-0.25, -0.2) is 0 Å². The summed E-state index contributed by atoms with van der Waals surface area (Å²) in [6.07, 6.45) is 1.11. The highest BCUT2D eigenvalue weighted by Gasteiger charge is 1.94. The SMILES string of the molecule is C=CSC(C)=NC(C)CC. The van der Waals surface area contributed by atoms with E-state index >= 15 is 0 Å². The molecule has 10 heavy (non-hydrogen) atoms. The monoisotopic (exact) mass is 157 g/mol. The van der Waals surface area contributed by atoms with Gasteiger partial charge >= 0.3 is 0 Å². The van der Waals surface area contributed by atoms with Crippen molar-refractivity contribution >= 4 is 16.8 Å². The quantitative estimate of drug-likeness (QED) is 0.453. The van der Waals surface area contributed by atoms with Gasteiger partial charge in [0.1, 0.15) is 0 Å². The van der Waals surface area contributed by atoms with Crippen molar-refractivity contribution in [3.05, 3.63) is 12.0 Å². The molecule has 0 spiro atoms. The minimum atomic E-state index is 0.451. The second-order valence-corrected chi connectivity index (χ2v) is 3.35. The second kappa shape index (κ2) is 5.54. The van der Waals surface area contributed by atoms with Gasteiger partial charge in [-0.2, -0.15) is 0 Å². The van der Waals surface area contributed by atoms with Crippen LogP contribution in [-0.4, -0.2) is 11.1 Å². The van der Waals surface area contributed by atoms with Crippen molar-refractivity contribution in [3.8, 4) is 0 Å². The summed E-state index contributed by atoms with van der Waals surface area (Å²) in [5.41, 5.74) is 0. The Labute approximate surface area is 67.6 Å². The van der Waals surface area contributed by atoms with Gasteiger partial charge in [-0.1, -0.05) is 25.3 Å². The van der Waals surface area contributed by atoms with Crippen molar-refractivity contribution in [1.29, 1.82) is 0 Å². The van der Waals surface area contributed by atoms with Crippen molar-refractivity contribution in [2.45, 2.75) is 33.2 Å². The van der Waals surface area contributed by atoms with Crippen LogP contribution >= 0.6 is 11.8 Å². The fraction of sp³-hybridized carbons (Fsp3) is 0.625. The summed E-state index contributed by atoms with van der Waals surface area (Å²) in [6, 6.07) is 0.451. The van der Waals surface area contributed by atoms with Gasteiger partial charge in [0.2, 0.25) is 0 Å². The Balaban J connectivity index is 3.76. The van der Waals surface area contributed by atoms with Gasteiger partial charge in [0.15, 0.2) is 0 Å². The normalized spacial score (nSPS) is 14.9. The summed E-state index contributed by atoms with van der Waals surface area (Å²) < 4.78 is 0. The molecule has 0 aromatic rings. The number of hydrogen-bond acceptors (Lipinski definition) is 2. The zero-order valence-electron chi connectivity index (χ0n) is 6.92. The van der Waals surface area contributed by atoms with Crippen LogP contribution in [0.15, 0.2) is 17.0 Å². The molecule has 1 nitrogen and oxygen atoms in total. The summed E-state index contributed by atoms with van der Waals surface area (Å²) >= 11 is 1.59. The first-order chi connectivity index (χ1) is 4.70. The van der Waals surface area contributed by atoms with Crippen molar-refractivity contribution in [2.75, 3.05) is 0 Å². The molecule has 0 saturated carbocycles. The third-order valence-corrected chi connectivity index (χ3v) is 1.86. The first-order valence-corrected chi connectivity index (χ1v) is 4.40. The number of aliphatic imine (C=N–C) groups is 1. The Bertz CT molecular complexity index is 129. The Morgan fingerprint density at radius 2 is 2.40 bits per heavy atom. The summed E-state index contributed by atoms with van der Waals surface area (Å²) in [7, 11) is 0. The Morgan fingerprint density at radius 3 is 2.80 bits per heavy atom. The van der Waals surface area contributed by atoms with Gasteiger partial charge in [-0.3, -0.25) is 4.99 Å². The van der Waals surface area contributed by atoms with Crippen LogP contribution in [0.5, 0.6) is 0 Å². The zero-order valence-corrected chi connectivity index (χ0v) is 7.74. The van der Waals surface area contributed by atoms with E-state index in [1.807, 2.05) is 6.92 Å². The van der Waals surface area contributed by atoms with E-state index in [1.54, 1.807) is 17.2 Å². The van der Waals surface area contributed by atoms with Crippen LogP contribution in [0.1, 0.15) is 27.2 Å². The summed E-state index contributed by atoms with van der Waals surface area (Å²) in [4.78, 5) is 4.39. The third kappa shape index (κ3) is 4.62. The van der Waals surface area contributed by atoms with E-state index in [-0.39, 0.29) is 0 Å². The molecule has 1 atom stereocenters. The van der Waals surface area contributed by atoms with E-state index in [9.17, 15) is 0 Å². The van der Waals surface area contributed by atoms with Crippen molar-refractivity contribution < 1.29 is 0 Å². The third-order valence-electron chi connectivity index (χ3n) is 1.25. The molecule has 0 bridgehead atoms. The highest BCUT2D eigenvalue weighted by Crippen LogP contribution is 2.06. The largest absolute Gasteiger partial charge is 0.280 e. The maximum Gasteiger partial charge on any atom is 0.0689 e. The van der Waals surface area contributed by atoms with E-state index < -0.39 is 0 Å². The second-order valence-electron chi connectivity index (χ2n) is 2.19. The van der Waals surface area contributed by atoms with Crippen LogP contribution in [0.4, 0.5) is 0 Å². The molecule has 0 fully saturated rings. The highest BCUT2D eigenvalue weighted by atomic mass is 32.2. The molecule has 0 aliphatic heterocycles. The van der Waals surface area contributed by atoms with E-state index in [0.29, 0.717) is 6.04 Å². The standard InChI is InChI=1S/C8H15NS/c1-5-7(3)9-8(4)10-6-2/h6-7H,2,5H2,1,3-4H3. The number of thioether (sulfide) groups is 1. The lowest BCUT2D eigenvalue weighted by atomic mass is 10.3. The molecule has 0 aliphatic carbocycles. The number of rotatable bonds is 3. The molecule has 0 aliphatic rings. The average Bonchev–Trinajstić information content (AvgIpc) is 1.88. The van der Waals surface area contributed by atoms with Gasteiger partial charge < -0.3 is 0 Å². The Kier molecular flexibility index (Phi) is 5.40. The van der Waals surface area contributed by atoms with Crippen molar-refractivity contribution in [3.63, 3.8) is 0 Å². The zero-order chi connectivity index (χ0) is 7.98. The van der Waals surface area contributed by atoms with E-state index in [2.05, 4.69) is 25.4 Å². The Hall–Kier alpha value is -0.240. The van der Waals surface area contributed by atoms with Gasteiger partial charge in [0.05, 0.1) is 5.04 Å². The maximum atomic E-state index is 4.39. The molecule has 2 heteroatoms. The van der Waals surface area contributed by atoms with E-state index in [1.165, 1.54) is 0 Å². The minimum Gasteiger partial charge on any atom is -0.280 e. The lowest BCUT2D eigenvalue weighted by molar-refractivity contribution is 0.719. The molecule has 0 saturated heterocycles. The van der Waals surface area contributed by atoms with E-state index in [0.717, 1.165) is 11.5 Å². The summed E-state index contributed by atoms with van der Waals surface area (Å²) in [6.45, 7) is 9.89. The number of hydrogen-bond donors (Lipinski definition) is 0. The molecular formula is C8H15NS. The lowest BCUT2D eigenvalue weighted by Gasteiger charge is -2.01. The summed E-state index contributed by atoms with van der Waals surface area (Å²) in [5.74, 6) is 0.